The van der Waals surface area contributed by atoms with Gasteiger partial charge in [0.05, 0.1) is 5.92 Å². The van der Waals surface area contributed by atoms with Gasteiger partial charge in [0, 0.05) is 0 Å². The predicted octanol–water partition coefficient (Wildman–Crippen LogP) is -4.67. The van der Waals surface area contributed by atoms with Crippen molar-refractivity contribution in [3.05, 3.63) is 0 Å². The van der Waals surface area contributed by atoms with Crippen LogP contribution in [0.4, 0.5) is 0 Å². The second-order valence-corrected chi connectivity index (χ2v) is 4.56. The first kappa shape index (κ1) is 22.7. The van der Waals surface area contributed by atoms with Gasteiger partial charge in [0.15, 0.2) is 0 Å². The number of hydrogen-bond acceptors (Lipinski definition) is 3. The molecule has 16 heavy (non-hydrogen) atoms. The zero-order valence-corrected chi connectivity index (χ0v) is 17.5. The van der Waals surface area contributed by atoms with Crippen molar-refractivity contribution in [3.8, 4) is 0 Å². The van der Waals surface area contributed by atoms with Crippen LogP contribution in [-0.2, 0) is 29.0 Å². The van der Waals surface area contributed by atoms with Crippen molar-refractivity contribution < 1.29 is 77.0 Å². The van der Waals surface area contributed by atoms with E-state index in [4.69, 9.17) is 4.74 Å². The summed E-state index contributed by atoms with van der Waals surface area (Å²) in [5.41, 5.74) is -0.345. The quantitative estimate of drug-likeness (QED) is 0.222. The van der Waals surface area contributed by atoms with Gasteiger partial charge in [-0.3, -0.25) is 4.79 Å². The summed E-state index contributed by atoms with van der Waals surface area (Å²) in [6, 6.07) is 0. The summed E-state index contributed by atoms with van der Waals surface area (Å²) in [7, 11) is 0. The molecule has 0 atom stereocenters. The Morgan fingerprint density at radius 3 is 2.00 bits per heavy atom. The third-order valence-electron chi connectivity index (χ3n) is 2.08. The number of nitrogens with one attached hydrogen (secondary N) is 1. The number of carbonyl (C=O) groups excluding carboxylic acids is 1. The van der Waals surface area contributed by atoms with Crippen LogP contribution in [0.25, 0.3) is 0 Å². The van der Waals surface area contributed by atoms with E-state index in [0.29, 0.717) is 0 Å². The molecule has 1 aliphatic heterocycles. The van der Waals surface area contributed by atoms with Crippen LogP contribution in [-0.4, -0.2) is 24.7 Å². The maximum absolute atomic E-state index is 11.6. The van der Waals surface area contributed by atoms with E-state index in [1.54, 1.807) is 0 Å². The molecule has 1 fully saturated rings. The summed E-state index contributed by atoms with van der Waals surface area (Å²) < 4.78 is 5.31. The van der Waals surface area contributed by atoms with Gasteiger partial charge in [-0.05, 0) is 46.7 Å². The zero-order valence-electron chi connectivity index (χ0n) is 10.2. The van der Waals surface area contributed by atoms with Gasteiger partial charge < -0.3 is 58.0 Å². The minimum atomic E-state index is -0.345. The number of halogens is 2. The fourth-order valence-corrected chi connectivity index (χ4v) is 1.44. The summed E-state index contributed by atoms with van der Waals surface area (Å²) in [5.74, 6) is 0.0782. The Kier molecular flexibility index (Phi) is 14.8. The minimum absolute atomic E-state index is 0. The van der Waals surface area contributed by atoms with Gasteiger partial charge in [0.1, 0.15) is 5.60 Å². The fourth-order valence-electron chi connectivity index (χ4n) is 1.44. The third-order valence-corrected chi connectivity index (χ3v) is 2.08. The first-order valence-electron chi connectivity index (χ1n) is 4.92. The Bertz CT molecular complexity index is 192. The molecular formula is C10H19I2NO2Zn. The average Bonchev–Trinajstić information content (AvgIpc) is 2.03. The summed E-state index contributed by atoms with van der Waals surface area (Å²) in [5, 5.41) is 3.22. The van der Waals surface area contributed by atoms with Gasteiger partial charge in [0.2, 0.25) is 0 Å². The Labute approximate surface area is 145 Å². The molecule has 0 aromatic heterocycles. The second-order valence-electron chi connectivity index (χ2n) is 4.56. The van der Waals surface area contributed by atoms with E-state index in [1.165, 1.54) is 0 Å². The predicted molar refractivity (Wildman–Crippen MR) is 51.4 cm³/mol. The van der Waals surface area contributed by atoms with Crippen LogP contribution in [0.5, 0.6) is 0 Å². The monoisotopic (exact) mass is 503 g/mol. The number of carbonyl (C=O) groups is 1. The van der Waals surface area contributed by atoms with Crippen LogP contribution in [0.2, 0.25) is 0 Å². The molecule has 0 bridgehead atoms. The van der Waals surface area contributed by atoms with Gasteiger partial charge in [-0.15, -0.1) is 0 Å². The maximum Gasteiger partial charge on any atom is 2.00 e. The summed E-state index contributed by atoms with van der Waals surface area (Å²) in [6.07, 6.45) is 1.82. The SMILES string of the molecule is CC(C)(C)OC(=O)C1CCNCC1.[I-].[I-].[Zn+2]. The number of esters is 1. The van der Waals surface area contributed by atoms with E-state index in [-0.39, 0.29) is 84.9 Å². The third kappa shape index (κ3) is 9.53. The molecule has 1 heterocycles. The van der Waals surface area contributed by atoms with Gasteiger partial charge in [0.25, 0.3) is 0 Å². The average molecular weight is 504 g/mol. The molecule has 6 heteroatoms. The topological polar surface area (TPSA) is 38.3 Å². The molecule has 0 spiro atoms. The van der Waals surface area contributed by atoms with Crippen LogP contribution in [0.1, 0.15) is 33.6 Å². The van der Waals surface area contributed by atoms with Crippen LogP contribution in [0, 0.1) is 5.92 Å². The molecule has 1 N–H and O–H groups in total. The first-order chi connectivity index (χ1) is 5.99. The molecule has 0 amide bonds. The Morgan fingerprint density at radius 2 is 1.62 bits per heavy atom. The zero-order chi connectivity index (χ0) is 9.90. The number of rotatable bonds is 1. The molecule has 92 valence electrons. The molecule has 3 nitrogen and oxygen atoms in total. The second kappa shape index (κ2) is 10.4. The van der Waals surface area contributed by atoms with Crippen molar-refractivity contribution in [1.29, 1.82) is 0 Å². The molecule has 0 aromatic rings. The Morgan fingerprint density at radius 1 is 1.19 bits per heavy atom. The Hall–Kier alpha value is 1.51. The minimum Gasteiger partial charge on any atom is -1.00 e. The van der Waals surface area contributed by atoms with Crippen molar-refractivity contribution >= 4 is 5.97 Å². The van der Waals surface area contributed by atoms with Gasteiger partial charge >= 0.3 is 25.4 Å². The van der Waals surface area contributed by atoms with E-state index in [0.717, 1.165) is 25.9 Å². The molecule has 0 radical (unpaired) electrons. The fraction of sp³-hybridized carbons (Fsp3) is 0.900. The van der Waals surface area contributed by atoms with E-state index >= 15 is 0 Å². The normalized spacial score (nSPS) is 16.2. The van der Waals surface area contributed by atoms with E-state index in [9.17, 15) is 4.79 Å². The van der Waals surface area contributed by atoms with Gasteiger partial charge in [-0.25, -0.2) is 0 Å². The van der Waals surface area contributed by atoms with Crippen LogP contribution in [0.15, 0.2) is 0 Å². The van der Waals surface area contributed by atoms with Crippen molar-refractivity contribution in [2.75, 3.05) is 13.1 Å². The maximum atomic E-state index is 11.6. The van der Waals surface area contributed by atoms with Crippen LogP contribution < -0.4 is 53.3 Å². The van der Waals surface area contributed by atoms with Crippen LogP contribution in [0.3, 0.4) is 0 Å². The van der Waals surface area contributed by atoms with E-state index < -0.39 is 0 Å². The van der Waals surface area contributed by atoms with E-state index in [2.05, 4.69) is 5.32 Å². The number of hydrogen-bond donors (Lipinski definition) is 1. The standard InChI is InChI=1S/C10H19NO2.2HI.Zn/c1-10(2,3)13-9(12)8-4-6-11-7-5-8;;;/h8,11H,4-7H2,1-3H3;2*1H;/q;;;+2/p-2. The van der Waals surface area contributed by atoms with Crippen LogP contribution >= 0.6 is 0 Å². The molecule has 0 unspecified atom stereocenters. The van der Waals surface area contributed by atoms with Crippen molar-refractivity contribution in [2.45, 2.75) is 39.2 Å². The van der Waals surface area contributed by atoms with Crippen molar-refractivity contribution in [1.82, 2.24) is 5.32 Å². The molecule has 0 aromatic carbocycles. The molecule has 1 aliphatic rings. The number of ether oxygens (including phenoxy) is 1. The molecule has 0 aliphatic carbocycles. The number of piperidine rings is 1. The summed E-state index contributed by atoms with van der Waals surface area (Å²) >= 11 is 0. The van der Waals surface area contributed by atoms with Gasteiger partial charge in [-0.1, -0.05) is 0 Å². The van der Waals surface area contributed by atoms with Crippen molar-refractivity contribution in [2.24, 2.45) is 5.92 Å². The molecule has 1 saturated heterocycles. The first-order valence-corrected chi connectivity index (χ1v) is 4.92. The summed E-state index contributed by atoms with van der Waals surface area (Å²) in [6.45, 7) is 7.59. The largest absolute Gasteiger partial charge is 2.00 e. The molecule has 1 rings (SSSR count). The van der Waals surface area contributed by atoms with E-state index in [1.807, 2.05) is 20.8 Å². The molecule has 0 saturated carbocycles. The molecular weight excluding hydrogens is 485 g/mol. The van der Waals surface area contributed by atoms with Gasteiger partial charge in [-0.2, -0.15) is 0 Å². The van der Waals surface area contributed by atoms with Crippen molar-refractivity contribution in [3.63, 3.8) is 0 Å². The smallest absolute Gasteiger partial charge is 1.00 e. The summed E-state index contributed by atoms with van der Waals surface area (Å²) in [4.78, 5) is 11.6. The Balaban J connectivity index is -0.000000563.